The second-order valence-electron chi connectivity index (χ2n) is 4.44. The predicted molar refractivity (Wildman–Crippen MR) is 68.5 cm³/mol. The van der Waals surface area contributed by atoms with E-state index in [4.69, 9.17) is 0 Å². The van der Waals surface area contributed by atoms with Crippen LogP contribution >= 0.6 is 0 Å². The molecular weight excluding hydrogens is 198 g/mol. The average Bonchev–Trinajstić information content (AvgIpc) is 2.65. The van der Waals surface area contributed by atoms with Gasteiger partial charge in [0.25, 0.3) is 0 Å². The molecule has 3 heteroatoms. The summed E-state index contributed by atoms with van der Waals surface area (Å²) in [6.07, 6.45) is 8.29. The van der Waals surface area contributed by atoms with Crippen LogP contribution in [0.2, 0.25) is 0 Å². The summed E-state index contributed by atoms with van der Waals surface area (Å²) in [6.45, 7) is 5.47. The van der Waals surface area contributed by atoms with Crippen molar-refractivity contribution < 1.29 is 0 Å². The van der Waals surface area contributed by atoms with E-state index in [1.54, 1.807) is 0 Å². The lowest BCUT2D eigenvalue weighted by molar-refractivity contribution is 0.462. The van der Waals surface area contributed by atoms with E-state index in [1.165, 1.54) is 31.4 Å². The van der Waals surface area contributed by atoms with Crippen molar-refractivity contribution in [1.29, 1.82) is 0 Å². The highest BCUT2D eigenvalue weighted by Crippen LogP contribution is 2.08. The Morgan fingerprint density at radius 1 is 1.38 bits per heavy atom. The van der Waals surface area contributed by atoms with Crippen molar-refractivity contribution in [3.05, 3.63) is 18.0 Å². The zero-order chi connectivity index (χ0) is 11.8. The molecule has 0 aliphatic carbocycles. The molecule has 0 amide bonds. The Morgan fingerprint density at radius 2 is 2.19 bits per heavy atom. The van der Waals surface area contributed by atoms with Crippen LogP contribution in [0, 0.1) is 0 Å². The minimum absolute atomic E-state index is 0.589. The lowest BCUT2D eigenvalue weighted by Gasteiger charge is -2.16. The lowest BCUT2D eigenvalue weighted by atomic mass is 10.0. The van der Waals surface area contributed by atoms with Crippen LogP contribution in [0.1, 0.15) is 45.2 Å². The number of nitrogens with zero attached hydrogens (tertiary/aromatic N) is 2. The summed E-state index contributed by atoms with van der Waals surface area (Å²) in [6, 6.07) is 2.70. The number of rotatable bonds is 8. The van der Waals surface area contributed by atoms with Crippen molar-refractivity contribution >= 4 is 0 Å². The molecule has 1 N–H and O–H groups in total. The van der Waals surface area contributed by atoms with Crippen LogP contribution in [0.4, 0.5) is 0 Å². The summed E-state index contributed by atoms with van der Waals surface area (Å²) in [5.41, 5.74) is 1.20. The van der Waals surface area contributed by atoms with Crippen molar-refractivity contribution in [3.63, 3.8) is 0 Å². The van der Waals surface area contributed by atoms with Crippen LogP contribution in [0.5, 0.6) is 0 Å². The highest BCUT2D eigenvalue weighted by molar-refractivity contribution is 5.01. The van der Waals surface area contributed by atoms with Gasteiger partial charge in [0.15, 0.2) is 0 Å². The number of hydrogen-bond donors (Lipinski definition) is 1. The molecule has 1 rings (SSSR count). The molecule has 1 atom stereocenters. The molecule has 1 heterocycles. The van der Waals surface area contributed by atoms with E-state index in [1.807, 2.05) is 17.9 Å². The van der Waals surface area contributed by atoms with Crippen LogP contribution in [0.25, 0.3) is 0 Å². The molecule has 1 aromatic rings. The zero-order valence-corrected chi connectivity index (χ0v) is 10.9. The molecule has 0 saturated heterocycles. The van der Waals surface area contributed by atoms with Gasteiger partial charge < -0.3 is 5.32 Å². The fourth-order valence-electron chi connectivity index (χ4n) is 2.03. The Kier molecular flexibility index (Phi) is 6.16. The standard InChI is InChI=1S/C13H25N3/c1-4-6-7-8-12(14-5-2)11-13-9-10-16(3)15-13/h9-10,12,14H,4-8,11H2,1-3H3. The fraction of sp³-hybridized carbons (Fsp3) is 0.769. The Hall–Kier alpha value is -0.830. The van der Waals surface area contributed by atoms with Gasteiger partial charge in [-0.3, -0.25) is 4.68 Å². The first-order chi connectivity index (χ1) is 7.76. The molecular formula is C13H25N3. The monoisotopic (exact) mass is 223 g/mol. The maximum Gasteiger partial charge on any atom is 0.0639 e. The normalized spacial score (nSPS) is 12.9. The number of nitrogens with one attached hydrogen (secondary N) is 1. The Labute approximate surface area is 99.2 Å². The van der Waals surface area contributed by atoms with E-state index >= 15 is 0 Å². The van der Waals surface area contributed by atoms with Crippen LogP contribution in [-0.2, 0) is 13.5 Å². The van der Waals surface area contributed by atoms with Gasteiger partial charge in [0.1, 0.15) is 0 Å². The molecule has 0 radical (unpaired) electrons. The molecule has 3 nitrogen and oxygen atoms in total. The quantitative estimate of drug-likeness (QED) is 0.686. The largest absolute Gasteiger partial charge is 0.314 e. The molecule has 1 unspecified atom stereocenters. The zero-order valence-electron chi connectivity index (χ0n) is 10.9. The highest BCUT2D eigenvalue weighted by Gasteiger charge is 2.09. The van der Waals surface area contributed by atoms with Crippen molar-refractivity contribution in [3.8, 4) is 0 Å². The second-order valence-corrected chi connectivity index (χ2v) is 4.44. The molecule has 0 bridgehead atoms. The number of aryl methyl sites for hydroxylation is 1. The summed E-state index contributed by atoms with van der Waals surface area (Å²) in [5.74, 6) is 0. The van der Waals surface area contributed by atoms with Gasteiger partial charge in [-0.25, -0.2) is 0 Å². The third-order valence-corrected chi connectivity index (χ3v) is 2.87. The van der Waals surface area contributed by atoms with Crippen LogP contribution in [0.15, 0.2) is 12.3 Å². The van der Waals surface area contributed by atoms with Crippen molar-refractivity contribution in [2.24, 2.45) is 7.05 Å². The first-order valence-corrected chi connectivity index (χ1v) is 6.48. The molecule has 0 aliphatic heterocycles. The number of aromatic nitrogens is 2. The summed E-state index contributed by atoms with van der Waals surface area (Å²) in [5, 5.41) is 7.99. The average molecular weight is 223 g/mol. The summed E-state index contributed by atoms with van der Waals surface area (Å²) >= 11 is 0. The van der Waals surface area contributed by atoms with Gasteiger partial charge in [-0.2, -0.15) is 5.10 Å². The Bertz CT molecular complexity index is 280. The summed E-state index contributed by atoms with van der Waals surface area (Å²) in [4.78, 5) is 0. The van der Waals surface area contributed by atoms with Gasteiger partial charge in [0.2, 0.25) is 0 Å². The summed E-state index contributed by atoms with van der Waals surface area (Å²) in [7, 11) is 1.98. The topological polar surface area (TPSA) is 29.9 Å². The predicted octanol–water partition coefficient (Wildman–Crippen LogP) is 2.52. The second kappa shape index (κ2) is 7.44. The molecule has 0 spiro atoms. The van der Waals surface area contributed by atoms with Gasteiger partial charge in [0.05, 0.1) is 5.69 Å². The number of hydrogen-bond acceptors (Lipinski definition) is 2. The van der Waals surface area contributed by atoms with E-state index in [0.29, 0.717) is 6.04 Å². The Balaban J connectivity index is 2.37. The van der Waals surface area contributed by atoms with Gasteiger partial charge in [-0.1, -0.05) is 33.1 Å². The van der Waals surface area contributed by atoms with Crippen molar-refractivity contribution in [1.82, 2.24) is 15.1 Å². The molecule has 16 heavy (non-hydrogen) atoms. The lowest BCUT2D eigenvalue weighted by Crippen LogP contribution is -2.31. The minimum atomic E-state index is 0.589. The van der Waals surface area contributed by atoms with E-state index in [0.717, 1.165) is 13.0 Å². The first-order valence-electron chi connectivity index (χ1n) is 6.48. The van der Waals surface area contributed by atoms with Crippen LogP contribution in [-0.4, -0.2) is 22.4 Å². The highest BCUT2D eigenvalue weighted by atomic mass is 15.2. The van der Waals surface area contributed by atoms with Gasteiger partial charge in [-0.05, 0) is 19.0 Å². The Morgan fingerprint density at radius 3 is 2.75 bits per heavy atom. The molecule has 0 fully saturated rings. The third-order valence-electron chi connectivity index (χ3n) is 2.87. The maximum atomic E-state index is 4.44. The van der Waals surface area contributed by atoms with Crippen LogP contribution in [0.3, 0.4) is 0 Å². The number of unbranched alkanes of at least 4 members (excludes halogenated alkanes) is 2. The van der Waals surface area contributed by atoms with Gasteiger partial charge in [-0.15, -0.1) is 0 Å². The van der Waals surface area contributed by atoms with E-state index < -0.39 is 0 Å². The van der Waals surface area contributed by atoms with Crippen LogP contribution < -0.4 is 5.32 Å². The maximum absolute atomic E-state index is 4.44. The van der Waals surface area contributed by atoms with E-state index in [2.05, 4.69) is 30.3 Å². The molecule has 0 saturated carbocycles. The summed E-state index contributed by atoms with van der Waals surface area (Å²) < 4.78 is 1.88. The van der Waals surface area contributed by atoms with Gasteiger partial charge >= 0.3 is 0 Å². The van der Waals surface area contributed by atoms with E-state index in [9.17, 15) is 0 Å². The van der Waals surface area contributed by atoms with Crippen molar-refractivity contribution in [2.45, 2.75) is 52.0 Å². The third kappa shape index (κ3) is 4.79. The smallest absolute Gasteiger partial charge is 0.0639 e. The minimum Gasteiger partial charge on any atom is -0.314 e. The molecule has 0 aliphatic rings. The fourth-order valence-corrected chi connectivity index (χ4v) is 2.03. The molecule has 92 valence electrons. The molecule has 1 aromatic heterocycles. The van der Waals surface area contributed by atoms with E-state index in [-0.39, 0.29) is 0 Å². The molecule has 0 aromatic carbocycles. The first kappa shape index (κ1) is 13.2. The van der Waals surface area contributed by atoms with Gasteiger partial charge in [0, 0.05) is 25.7 Å². The van der Waals surface area contributed by atoms with Crippen molar-refractivity contribution in [2.75, 3.05) is 6.54 Å². The number of likely N-dealkylation sites (N-methyl/N-ethyl adjacent to an activating group) is 1. The SMILES string of the molecule is CCCCCC(Cc1ccn(C)n1)NCC.